The number of carboxylic acids is 1. The van der Waals surface area contributed by atoms with E-state index in [0.29, 0.717) is 0 Å². The molecule has 92 valence electrons. The number of aliphatic carboxylic acids is 1. The Balaban J connectivity index is 2.09. The van der Waals surface area contributed by atoms with E-state index in [0.717, 1.165) is 6.42 Å². The van der Waals surface area contributed by atoms with Crippen molar-refractivity contribution in [3.63, 3.8) is 0 Å². The van der Waals surface area contributed by atoms with Gasteiger partial charge in [0.15, 0.2) is 0 Å². The van der Waals surface area contributed by atoms with Crippen LogP contribution in [0.15, 0.2) is 18.2 Å². The number of fused-ring (bicyclic) bond motifs is 1. The molecule has 17 heavy (non-hydrogen) atoms. The van der Waals surface area contributed by atoms with Gasteiger partial charge in [-0.3, -0.25) is 10.1 Å². The normalized spacial score (nSPS) is 17.5. The molecule has 1 aromatic rings. The minimum atomic E-state index is -0.807. The first-order chi connectivity index (χ1) is 8.08. The molecule has 0 radical (unpaired) electrons. The topological polar surface area (TPSA) is 49.3 Å². The molecular weight excluding hydrogens is 214 g/mol. The van der Waals surface area contributed by atoms with E-state index in [9.17, 15) is 4.79 Å². The largest absolute Gasteiger partial charge is 0.480 e. The minimum absolute atomic E-state index is 0.0759. The van der Waals surface area contributed by atoms with Crippen LogP contribution in [-0.4, -0.2) is 17.1 Å². The summed E-state index contributed by atoms with van der Waals surface area (Å²) >= 11 is 0. The van der Waals surface area contributed by atoms with Crippen molar-refractivity contribution in [3.8, 4) is 0 Å². The van der Waals surface area contributed by atoms with Gasteiger partial charge in [-0.05, 0) is 49.8 Å². The number of hydrogen-bond acceptors (Lipinski definition) is 2. The molecule has 0 aliphatic heterocycles. The molecule has 1 aromatic carbocycles. The molecule has 0 aromatic heterocycles. The van der Waals surface area contributed by atoms with Crippen molar-refractivity contribution in [2.45, 2.75) is 45.2 Å². The summed E-state index contributed by atoms with van der Waals surface area (Å²) in [5.74, 6) is -0.807. The Labute approximate surface area is 102 Å². The van der Waals surface area contributed by atoms with Crippen molar-refractivity contribution in [1.82, 2.24) is 5.32 Å². The van der Waals surface area contributed by atoms with E-state index >= 15 is 0 Å². The predicted molar refractivity (Wildman–Crippen MR) is 67.1 cm³/mol. The number of carbonyl (C=O) groups is 1. The van der Waals surface area contributed by atoms with Gasteiger partial charge in [0.05, 0.1) is 0 Å². The molecule has 2 atom stereocenters. The molecular formula is C14H19NO2. The highest BCUT2D eigenvalue weighted by atomic mass is 16.4. The van der Waals surface area contributed by atoms with Gasteiger partial charge in [-0.1, -0.05) is 18.2 Å². The van der Waals surface area contributed by atoms with Crippen LogP contribution in [0.2, 0.25) is 0 Å². The maximum Gasteiger partial charge on any atom is 0.320 e. The summed E-state index contributed by atoms with van der Waals surface area (Å²) in [5.41, 5.74) is 4.06. The van der Waals surface area contributed by atoms with Crippen LogP contribution in [0.4, 0.5) is 0 Å². The average Bonchev–Trinajstić information content (AvgIpc) is 2.75. The zero-order chi connectivity index (χ0) is 12.4. The summed E-state index contributed by atoms with van der Waals surface area (Å²) in [5, 5.41) is 12.0. The third kappa shape index (κ3) is 2.67. The number of hydrogen-bond donors (Lipinski definition) is 2. The molecule has 0 spiro atoms. The SMILES string of the molecule is CC(NC(C)c1ccc2c(c1)CCC2)C(=O)O. The third-order valence-corrected chi connectivity index (χ3v) is 3.49. The zero-order valence-corrected chi connectivity index (χ0v) is 10.4. The lowest BCUT2D eigenvalue weighted by Gasteiger charge is -2.18. The van der Waals surface area contributed by atoms with Crippen molar-refractivity contribution >= 4 is 5.97 Å². The number of nitrogens with one attached hydrogen (secondary N) is 1. The van der Waals surface area contributed by atoms with Gasteiger partial charge in [-0.15, -0.1) is 0 Å². The fourth-order valence-corrected chi connectivity index (χ4v) is 2.40. The van der Waals surface area contributed by atoms with Crippen LogP contribution < -0.4 is 5.32 Å². The molecule has 0 fully saturated rings. The van der Waals surface area contributed by atoms with Crippen LogP contribution in [-0.2, 0) is 17.6 Å². The van der Waals surface area contributed by atoms with Crippen LogP contribution in [0.1, 0.15) is 43.0 Å². The van der Waals surface area contributed by atoms with E-state index in [4.69, 9.17) is 5.11 Å². The van der Waals surface area contributed by atoms with Gasteiger partial charge in [0.2, 0.25) is 0 Å². The van der Waals surface area contributed by atoms with Gasteiger partial charge in [-0.25, -0.2) is 0 Å². The minimum Gasteiger partial charge on any atom is -0.480 e. The summed E-state index contributed by atoms with van der Waals surface area (Å²) in [6.07, 6.45) is 3.58. The Hall–Kier alpha value is -1.35. The lowest BCUT2D eigenvalue weighted by Crippen LogP contribution is -2.35. The average molecular weight is 233 g/mol. The van der Waals surface area contributed by atoms with Crippen LogP contribution in [0.25, 0.3) is 0 Å². The summed E-state index contributed by atoms with van der Waals surface area (Å²) < 4.78 is 0. The van der Waals surface area contributed by atoms with Gasteiger partial charge in [0.1, 0.15) is 6.04 Å². The number of benzene rings is 1. The Morgan fingerprint density at radius 1 is 1.29 bits per heavy atom. The van der Waals surface area contributed by atoms with E-state index in [1.165, 1.54) is 29.5 Å². The van der Waals surface area contributed by atoms with Crippen LogP contribution >= 0.6 is 0 Å². The molecule has 0 amide bonds. The fraction of sp³-hybridized carbons (Fsp3) is 0.500. The van der Waals surface area contributed by atoms with Crippen LogP contribution in [0.5, 0.6) is 0 Å². The number of carboxylic acid groups (broad SMARTS) is 1. The van der Waals surface area contributed by atoms with Crippen molar-refractivity contribution in [2.75, 3.05) is 0 Å². The van der Waals surface area contributed by atoms with E-state index in [1.54, 1.807) is 6.92 Å². The monoisotopic (exact) mass is 233 g/mol. The highest BCUT2D eigenvalue weighted by Gasteiger charge is 2.17. The third-order valence-electron chi connectivity index (χ3n) is 3.49. The molecule has 2 rings (SSSR count). The second-order valence-electron chi connectivity index (χ2n) is 4.83. The molecule has 1 aliphatic carbocycles. The second kappa shape index (κ2) is 4.88. The van der Waals surface area contributed by atoms with Crippen molar-refractivity contribution < 1.29 is 9.90 Å². The Morgan fingerprint density at radius 3 is 2.71 bits per heavy atom. The zero-order valence-electron chi connectivity index (χ0n) is 10.4. The smallest absolute Gasteiger partial charge is 0.320 e. The Kier molecular flexibility index (Phi) is 3.48. The van der Waals surface area contributed by atoms with Crippen LogP contribution in [0.3, 0.4) is 0 Å². The Morgan fingerprint density at radius 2 is 2.00 bits per heavy atom. The lowest BCUT2D eigenvalue weighted by molar-refractivity contribution is -0.139. The predicted octanol–water partition coefficient (Wildman–Crippen LogP) is 2.30. The maximum atomic E-state index is 10.8. The van der Waals surface area contributed by atoms with Gasteiger partial charge < -0.3 is 5.11 Å². The van der Waals surface area contributed by atoms with E-state index < -0.39 is 12.0 Å². The van der Waals surface area contributed by atoms with Crippen molar-refractivity contribution in [2.24, 2.45) is 0 Å². The Bertz CT molecular complexity index is 428. The quantitative estimate of drug-likeness (QED) is 0.839. The first-order valence-electron chi connectivity index (χ1n) is 6.18. The lowest BCUT2D eigenvalue weighted by atomic mass is 10.0. The standard InChI is InChI=1S/C14H19NO2/c1-9(15-10(2)14(16)17)12-7-6-11-4-3-5-13(11)8-12/h6-10,15H,3-5H2,1-2H3,(H,16,17). The molecule has 2 N–H and O–H groups in total. The van der Waals surface area contributed by atoms with Gasteiger partial charge >= 0.3 is 5.97 Å². The molecule has 0 bridgehead atoms. The fourth-order valence-electron chi connectivity index (χ4n) is 2.40. The second-order valence-corrected chi connectivity index (χ2v) is 4.83. The highest BCUT2D eigenvalue weighted by Crippen LogP contribution is 2.25. The van der Waals surface area contributed by atoms with Gasteiger partial charge in [0, 0.05) is 6.04 Å². The molecule has 0 saturated carbocycles. The summed E-state index contributed by atoms with van der Waals surface area (Å²) in [6, 6.07) is 6.07. The molecule has 0 heterocycles. The first-order valence-corrected chi connectivity index (χ1v) is 6.18. The molecule has 3 nitrogen and oxygen atoms in total. The number of rotatable bonds is 4. The first kappa shape index (κ1) is 12.1. The summed E-state index contributed by atoms with van der Waals surface area (Å²) in [6.45, 7) is 3.68. The molecule has 2 unspecified atom stereocenters. The van der Waals surface area contributed by atoms with Crippen molar-refractivity contribution in [3.05, 3.63) is 34.9 Å². The summed E-state index contributed by atoms with van der Waals surface area (Å²) in [7, 11) is 0. The summed E-state index contributed by atoms with van der Waals surface area (Å²) in [4.78, 5) is 10.8. The molecule has 0 saturated heterocycles. The van der Waals surface area contributed by atoms with Crippen LogP contribution in [0, 0.1) is 0 Å². The molecule has 3 heteroatoms. The van der Waals surface area contributed by atoms with E-state index in [2.05, 4.69) is 23.5 Å². The van der Waals surface area contributed by atoms with Gasteiger partial charge in [-0.2, -0.15) is 0 Å². The van der Waals surface area contributed by atoms with Crippen molar-refractivity contribution in [1.29, 1.82) is 0 Å². The highest BCUT2D eigenvalue weighted by molar-refractivity contribution is 5.72. The molecule has 1 aliphatic rings. The van der Waals surface area contributed by atoms with Gasteiger partial charge in [0.25, 0.3) is 0 Å². The van der Waals surface area contributed by atoms with E-state index in [-0.39, 0.29) is 6.04 Å². The maximum absolute atomic E-state index is 10.8. The number of aryl methyl sites for hydroxylation is 2. The van der Waals surface area contributed by atoms with E-state index in [1.807, 2.05) is 6.92 Å².